The van der Waals surface area contributed by atoms with Crippen LogP contribution < -0.4 is 0 Å². The van der Waals surface area contributed by atoms with Crippen LogP contribution in [0.1, 0.15) is 12.8 Å². The summed E-state index contributed by atoms with van der Waals surface area (Å²) >= 11 is 1.88. The minimum Gasteiger partial charge on any atom is -0.331 e. The predicted molar refractivity (Wildman–Crippen MR) is 88.4 cm³/mol. The average molecular weight is 317 g/mol. The van der Waals surface area contributed by atoms with Gasteiger partial charge in [0.25, 0.3) is 0 Å². The Kier molecular flexibility index (Phi) is 3.43. The molecule has 0 saturated carbocycles. The number of rotatable bonds is 3. The van der Waals surface area contributed by atoms with E-state index in [0.29, 0.717) is 16.2 Å². The Bertz CT molecular complexity index is 725. The molecule has 1 aromatic carbocycles. The second kappa shape index (κ2) is 5.42. The van der Waals surface area contributed by atoms with Gasteiger partial charge in [-0.2, -0.15) is 0 Å². The summed E-state index contributed by atoms with van der Waals surface area (Å²) in [6.07, 6.45) is 3.96. The molecule has 4 rings (SSSR count). The van der Waals surface area contributed by atoms with E-state index in [9.17, 15) is 4.21 Å². The molecule has 0 fully saturated rings. The van der Waals surface area contributed by atoms with Crippen LogP contribution in [0.25, 0.3) is 11.0 Å². The minimum absolute atomic E-state index is 0.394. The van der Waals surface area contributed by atoms with Crippen LogP contribution in [0.4, 0.5) is 0 Å². The molecule has 2 aliphatic heterocycles. The predicted octanol–water partition coefficient (Wildman–Crippen LogP) is 2.90. The first-order valence-corrected chi connectivity index (χ1v) is 9.18. The van der Waals surface area contributed by atoms with Gasteiger partial charge in [-0.15, -0.1) is 11.8 Å². The maximum Gasteiger partial charge on any atom is 0.197 e. The Hall–Kier alpha value is -1.40. The van der Waals surface area contributed by atoms with Gasteiger partial charge in [0.05, 0.1) is 28.4 Å². The number of aliphatic imine (C=N–C) groups is 1. The summed E-state index contributed by atoms with van der Waals surface area (Å²) in [5, 5.41) is 0.990. The number of fused-ring (bicyclic) bond motifs is 1. The lowest BCUT2D eigenvalue weighted by molar-refractivity contribution is 0.675. The molecule has 2 unspecified atom stereocenters. The number of hydrogen-bond donors (Lipinski definition) is 1. The van der Waals surface area contributed by atoms with Crippen LogP contribution in [0.2, 0.25) is 0 Å². The molecule has 0 bridgehead atoms. The summed E-state index contributed by atoms with van der Waals surface area (Å²) in [7, 11) is -1.07. The number of aromatic nitrogens is 2. The molecule has 2 aliphatic rings. The quantitative estimate of drug-likeness (QED) is 0.947. The standard InChI is InChI=1S/C15H15N3OS2/c19-21(15-17-12-3-1-2-4-13(12)18-15)9-11-7-10-8-16-6-5-14(10)20-11/h1-4,6,11H,5,7-9H2,(H,17,18). The third-order valence-corrected chi connectivity index (χ3v) is 6.73. The maximum atomic E-state index is 12.5. The molecule has 2 atom stereocenters. The minimum atomic E-state index is -1.07. The van der Waals surface area contributed by atoms with Gasteiger partial charge < -0.3 is 4.98 Å². The molecule has 0 radical (unpaired) electrons. The zero-order valence-electron chi connectivity index (χ0n) is 11.4. The number of nitrogens with one attached hydrogen (secondary N) is 1. The van der Waals surface area contributed by atoms with Crippen LogP contribution in [0.15, 0.2) is 44.9 Å². The van der Waals surface area contributed by atoms with E-state index < -0.39 is 10.8 Å². The van der Waals surface area contributed by atoms with E-state index in [1.807, 2.05) is 42.2 Å². The third kappa shape index (κ3) is 2.58. The SMILES string of the molecule is O=S(CC1CC2=C(CC=NC2)S1)c1nc2ccccc2[nH]1. The molecule has 1 aromatic heterocycles. The highest BCUT2D eigenvalue weighted by Crippen LogP contribution is 2.41. The molecule has 108 valence electrons. The fourth-order valence-corrected chi connectivity index (χ4v) is 5.61. The molecule has 21 heavy (non-hydrogen) atoms. The van der Waals surface area contributed by atoms with Crippen LogP contribution in [0.5, 0.6) is 0 Å². The summed E-state index contributed by atoms with van der Waals surface area (Å²) in [6, 6.07) is 7.80. The van der Waals surface area contributed by atoms with Crippen molar-refractivity contribution < 1.29 is 4.21 Å². The van der Waals surface area contributed by atoms with Gasteiger partial charge in [-0.05, 0) is 29.0 Å². The molecule has 1 N–H and O–H groups in total. The number of nitrogens with zero attached hydrogens (tertiary/aromatic N) is 2. The molecular weight excluding hydrogens is 302 g/mol. The fourth-order valence-electron chi connectivity index (χ4n) is 2.76. The monoisotopic (exact) mass is 317 g/mol. The molecule has 3 heterocycles. The van der Waals surface area contributed by atoms with Crippen LogP contribution in [0.3, 0.4) is 0 Å². The second-order valence-corrected chi connectivity index (χ2v) is 8.08. The van der Waals surface area contributed by atoms with Gasteiger partial charge in [0, 0.05) is 23.6 Å². The number of hydrogen-bond acceptors (Lipinski definition) is 4. The topological polar surface area (TPSA) is 58.1 Å². The van der Waals surface area contributed by atoms with Crippen molar-refractivity contribution in [3.63, 3.8) is 0 Å². The second-order valence-electron chi connectivity index (χ2n) is 5.27. The Morgan fingerprint density at radius 2 is 2.29 bits per heavy atom. The summed E-state index contributed by atoms with van der Waals surface area (Å²) in [5.74, 6) is 0.650. The number of dihydropyridines is 1. The smallest absolute Gasteiger partial charge is 0.197 e. The number of para-hydroxylation sites is 2. The van der Waals surface area contributed by atoms with Gasteiger partial charge in [0.2, 0.25) is 0 Å². The first kappa shape index (κ1) is 13.3. The first-order valence-electron chi connectivity index (χ1n) is 6.98. The molecule has 0 aliphatic carbocycles. The van der Waals surface area contributed by atoms with E-state index in [2.05, 4.69) is 15.0 Å². The van der Waals surface area contributed by atoms with E-state index in [1.54, 1.807) is 0 Å². The van der Waals surface area contributed by atoms with E-state index in [-0.39, 0.29) is 0 Å². The summed E-state index contributed by atoms with van der Waals surface area (Å²) in [6.45, 7) is 0.829. The van der Waals surface area contributed by atoms with Crippen molar-refractivity contribution >= 4 is 39.8 Å². The number of thioether (sulfide) groups is 1. The first-order chi connectivity index (χ1) is 10.3. The van der Waals surface area contributed by atoms with Gasteiger partial charge in [-0.1, -0.05) is 12.1 Å². The van der Waals surface area contributed by atoms with Crippen LogP contribution in [-0.2, 0) is 10.8 Å². The molecule has 4 nitrogen and oxygen atoms in total. The van der Waals surface area contributed by atoms with E-state index >= 15 is 0 Å². The highest BCUT2D eigenvalue weighted by Gasteiger charge is 2.28. The largest absolute Gasteiger partial charge is 0.331 e. The normalized spacial score (nSPS) is 22.8. The van der Waals surface area contributed by atoms with Gasteiger partial charge >= 0.3 is 0 Å². The van der Waals surface area contributed by atoms with Crippen molar-refractivity contribution in [3.8, 4) is 0 Å². The average Bonchev–Trinajstić information content (AvgIpc) is 3.10. The number of imidazole rings is 1. The lowest BCUT2D eigenvalue weighted by Gasteiger charge is -2.07. The molecule has 0 saturated heterocycles. The summed E-state index contributed by atoms with van der Waals surface area (Å²) in [5.41, 5.74) is 3.27. The Morgan fingerprint density at radius 3 is 3.14 bits per heavy atom. The van der Waals surface area contributed by atoms with Crippen molar-refractivity contribution in [2.24, 2.45) is 4.99 Å². The van der Waals surface area contributed by atoms with Crippen LogP contribution in [-0.4, -0.2) is 37.9 Å². The van der Waals surface area contributed by atoms with Crippen LogP contribution >= 0.6 is 11.8 Å². The van der Waals surface area contributed by atoms with Gasteiger partial charge in [-0.25, -0.2) is 4.98 Å². The van der Waals surface area contributed by atoms with Crippen molar-refractivity contribution in [2.75, 3.05) is 12.3 Å². The van der Waals surface area contributed by atoms with Crippen molar-refractivity contribution in [1.29, 1.82) is 0 Å². The fraction of sp³-hybridized carbons (Fsp3) is 0.333. The van der Waals surface area contributed by atoms with Gasteiger partial charge in [0.15, 0.2) is 5.16 Å². The third-order valence-electron chi connectivity index (χ3n) is 3.79. The van der Waals surface area contributed by atoms with Gasteiger partial charge in [-0.3, -0.25) is 9.20 Å². The molecule has 0 spiro atoms. The highest BCUT2D eigenvalue weighted by atomic mass is 32.2. The Labute approximate surface area is 129 Å². The molecule has 2 aromatic rings. The van der Waals surface area contributed by atoms with E-state index in [1.165, 1.54) is 10.5 Å². The van der Waals surface area contributed by atoms with E-state index in [0.717, 1.165) is 30.4 Å². The van der Waals surface area contributed by atoms with Gasteiger partial charge in [0.1, 0.15) is 0 Å². The zero-order chi connectivity index (χ0) is 14.2. The molecular formula is C15H15N3OS2. The summed E-state index contributed by atoms with van der Waals surface area (Å²) in [4.78, 5) is 13.4. The van der Waals surface area contributed by atoms with Crippen molar-refractivity contribution in [2.45, 2.75) is 23.2 Å². The number of H-pyrrole nitrogens is 1. The number of allylic oxidation sites excluding steroid dienone is 1. The Morgan fingerprint density at radius 1 is 1.38 bits per heavy atom. The lowest BCUT2D eigenvalue weighted by atomic mass is 10.1. The Balaban J connectivity index is 1.47. The van der Waals surface area contributed by atoms with Crippen molar-refractivity contribution in [3.05, 3.63) is 34.7 Å². The lowest BCUT2D eigenvalue weighted by Crippen LogP contribution is -2.12. The van der Waals surface area contributed by atoms with Crippen LogP contribution in [0, 0.1) is 0 Å². The number of aromatic amines is 1. The zero-order valence-corrected chi connectivity index (χ0v) is 13.0. The number of benzene rings is 1. The van der Waals surface area contributed by atoms with Crippen molar-refractivity contribution in [1.82, 2.24) is 9.97 Å². The molecule has 0 amide bonds. The summed E-state index contributed by atoms with van der Waals surface area (Å²) < 4.78 is 12.5. The highest BCUT2D eigenvalue weighted by molar-refractivity contribution is 8.04. The van der Waals surface area contributed by atoms with E-state index in [4.69, 9.17) is 0 Å². The maximum absolute atomic E-state index is 12.5. The molecule has 6 heteroatoms.